The minimum atomic E-state index is -3.11. The molecule has 2 amide bonds. The highest BCUT2D eigenvalue weighted by Gasteiger charge is 2.40. The molecule has 2 aliphatic rings. The van der Waals surface area contributed by atoms with Crippen LogP contribution in [0.4, 0.5) is 20.3 Å². The average molecular weight is 520 g/mol. The van der Waals surface area contributed by atoms with E-state index in [0.29, 0.717) is 35.0 Å². The molecule has 0 radical (unpaired) electrons. The molecule has 4 heterocycles. The van der Waals surface area contributed by atoms with Crippen LogP contribution in [0.1, 0.15) is 46.0 Å². The number of nitrogens with two attached hydrogens (primary N) is 1. The molecule has 1 unspecified atom stereocenters. The number of nitrogens with zero attached hydrogens (tertiary/aromatic N) is 5. The van der Waals surface area contributed by atoms with Crippen molar-refractivity contribution in [2.75, 3.05) is 11.1 Å². The summed E-state index contributed by atoms with van der Waals surface area (Å²) in [5.41, 5.74) is 8.30. The molecule has 0 bridgehead atoms. The van der Waals surface area contributed by atoms with Crippen molar-refractivity contribution >= 4 is 29.0 Å². The van der Waals surface area contributed by atoms with Crippen LogP contribution in [-0.2, 0) is 6.54 Å². The number of alkyl halides is 2. The van der Waals surface area contributed by atoms with E-state index in [1.54, 1.807) is 41.6 Å². The van der Waals surface area contributed by atoms with E-state index in [-0.39, 0.29) is 40.3 Å². The number of rotatable bonds is 7. The fourth-order valence-electron chi connectivity index (χ4n) is 4.89. The predicted octanol–water partition coefficient (Wildman–Crippen LogP) is 3.98. The van der Waals surface area contributed by atoms with Crippen LogP contribution in [0.3, 0.4) is 0 Å². The standard InChI is InChI=1S/C26H23F2N7O3/c1-13(14-4-5-14)34-12-16-9-15(10-19(38-26(27)28)20(16)25(34)37)18-6-8-35-23(32-18)21(22(29)33-35)24(36)31-17-3-2-7-30-11-17/h2-3,6-11,13-14,26H,4-5,12H2,1H3,(H2,29,33)(H,31,36). The summed E-state index contributed by atoms with van der Waals surface area (Å²) in [6.07, 6.45) is 6.73. The highest BCUT2D eigenvalue weighted by atomic mass is 19.3. The summed E-state index contributed by atoms with van der Waals surface area (Å²) in [5, 5.41) is 6.88. The van der Waals surface area contributed by atoms with Crippen LogP contribution in [-0.4, -0.2) is 48.9 Å². The number of carbonyl (C=O) groups is 2. The van der Waals surface area contributed by atoms with Gasteiger partial charge in [-0.3, -0.25) is 14.6 Å². The summed E-state index contributed by atoms with van der Waals surface area (Å²) in [4.78, 5) is 36.5. The van der Waals surface area contributed by atoms with E-state index in [1.807, 2.05) is 6.92 Å². The fraction of sp³-hybridized carbons (Fsp3) is 0.269. The molecule has 194 valence electrons. The van der Waals surface area contributed by atoms with Crippen molar-refractivity contribution in [2.24, 2.45) is 5.92 Å². The minimum absolute atomic E-state index is 0.00267. The van der Waals surface area contributed by atoms with Gasteiger partial charge in [0, 0.05) is 30.5 Å². The van der Waals surface area contributed by atoms with Gasteiger partial charge in [0.2, 0.25) is 0 Å². The topological polar surface area (TPSA) is 128 Å². The number of hydrogen-bond acceptors (Lipinski definition) is 7. The Labute approximate surface area is 215 Å². The number of aromatic nitrogens is 4. The van der Waals surface area contributed by atoms with Crippen LogP contribution < -0.4 is 15.8 Å². The second-order valence-electron chi connectivity index (χ2n) is 9.44. The highest BCUT2D eigenvalue weighted by Crippen LogP contribution is 2.42. The van der Waals surface area contributed by atoms with Crippen molar-refractivity contribution in [1.82, 2.24) is 24.5 Å². The Kier molecular flexibility index (Phi) is 5.66. The van der Waals surface area contributed by atoms with E-state index in [2.05, 4.69) is 20.4 Å². The summed E-state index contributed by atoms with van der Waals surface area (Å²) < 4.78 is 32.8. The van der Waals surface area contributed by atoms with Crippen molar-refractivity contribution in [1.29, 1.82) is 0 Å². The maximum atomic E-state index is 13.3. The Morgan fingerprint density at radius 2 is 2.08 bits per heavy atom. The van der Waals surface area contributed by atoms with E-state index >= 15 is 0 Å². The number of nitrogen functional groups attached to an aromatic ring is 1. The Bertz CT molecular complexity index is 1570. The summed E-state index contributed by atoms with van der Waals surface area (Å²) in [7, 11) is 0. The second kappa shape index (κ2) is 9.05. The largest absolute Gasteiger partial charge is 0.434 e. The highest BCUT2D eigenvalue weighted by molar-refractivity contribution is 6.11. The molecule has 4 aromatic rings. The zero-order valence-corrected chi connectivity index (χ0v) is 20.3. The molecule has 0 spiro atoms. The summed E-state index contributed by atoms with van der Waals surface area (Å²) in [5.74, 6) is -0.654. The van der Waals surface area contributed by atoms with E-state index in [4.69, 9.17) is 10.5 Å². The third-order valence-electron chi connectivity index (χ3n) is 6.97. The lowest BCUT2D eigenvalue weighted by Gasteiger charge is -2.24. The van der Waals surface area contributed by atoms with Crippen LogP contribution in [0.2, 0.25) is 0 Å². The van der Waals surface area contributed by atoms with Crippen LogP contribution in [0.5, 0.6) is 5.75 Å². The van der Waals surface area contributed by atoms with Gasteiger partial charge in [-0.2, -0.15) is 8.78 Å². The van der Waals surface area contributed by atoms with Gasteiger partial charge in [0.1, 0.15) is 11.3 Å². The summed E-state index contributed by atoms with van der Waals surface area (Å²) >= 11 is 0. The molecule has 0 saturated heterocycles. The van der Waals surface area contributed by atoms with Gasteiger partial charge >= 0.3 is 6.61 Å². The third kappa shape index (κ3) is 4.17. The number of carbonyl (C=O) groups excluding carboxylic acids is 2. The van der Waals surface area contributed by atoms with E-state index < -0.39 is 12.5 Å². The SMILES string of the molecule is CC(C1CC1)N1Cc2cc(-c3ccn4nc(N)c(C(=O)Nc5cccnc5)c4n3)cc(OC(F)F)c2C1=O. The fourth-order valence-corrected chi connectivity index (χ4v) is 4.89. The molecule has 1 saturated carbocycles. The van der Waals surface area contributed by atoms with Crippen molar-refractivity contribution in [3.63, 3.8) is 0 Å². The number of hydrogen-bond donors (Lipinski definition) is 2. The normalized spacial score (nSPS) is 15.7. The number of nitrogens with one attached hydrogen (secondary N) is 1. The van der Waals surface area contributed by atoms with Gasteiger partial charge in [0.15, 0.2) is 11.5 Å². The van der Waals surface area contributed by atoms with E-state index in [0.717, 1.165) is 12.8 Å². The van der Waals surface area contributed by atoms with Crippen LogP contribution in [0.15, 0.2) is 48.9 Å². The van der Waals surface area contributed by atoms with Gasteiger partial charge in [-0.15, -0.1) is 5.10 Å². The molecule has 6 rings (SSSR count). The van der Waals surface area contributed by atoms with Crippen LogP contribution in [0.25, 0.3) is 16.9 Å². The van der Waals surface area contributed by atoms with Gasteiger partial charge in [-0.05, 0) is 61.6 Å². The summed E-state index contributed by atoms with van der Waals surface area (Å²) in [6.45, 7) is -0.835. The predicted molar refractivity (Wildman–Crippen MR) is 134 cm³/mol. The molecule has 10 nitrogen and oxygen atoms in total. The Morgan fingerprint density at radius 3 is 2.79 bits per heavy atom. The number of halogens is 2. The van der Waals surface area contributed by atoms with E-state index in [9.17, 15) is 18.4 Å². The molecule has 1 fully saturated rings. The first kappa shape index (κ1) is 23.8. The zero-order chi connectivity index (χ0) is 26.6. The molecule has 1 aliphatic heterocycles. The van der Waals surface area contributed by atoms with Gasteiger partial charge in [0.05, 0.1) is 23.1 Å². The van der Waals surface area contributed by atoms with Crippen molar-refractivity contribution in [3.05, 3.63) is 65.6 Å². The smallest absolute Gasteiger partial charge is 0.387 e. The first-order valence-corrected chi connectivity index (χ1v) is 12.1. The monoisotopic (exact) mass is 519 g/mol. The molecular formula is C26H23F2N7O3. The lowest BCUT2D eigenvalue weighted by molar-refractivity contribution is -0.0501. The van der Waals surface area contributed by atoms with Gasteiger partial charge in [-0.25, -0.2) is 9.50 Å². The molecule has 1 atom stereocenters. The first-order chi connectivity index (χ1) is 18.3. The Balaban J connectivity index is 1.40. The third-order valence-corrected chi connectivity index (χ3v) is 6.97. The zero-order valence-electron chi connectivity index (χ0n) is 20.3. The lowest BCUT2D eigenvalue weighted by atomic mass is 10.0. The lowest BCUT2D eigenvalue weighted by Crippen LogP contribution is -2.34. The maximum absolute atomic E-state index is 13.3. The molecule has 1 aliphatic carbocycles. The minimum Gasteiger partial charge on any atom is -0.434 e. The van der Waals surface area contributed by atoms with Crippen molar-refractivity contribution in [2.45, 2.75) is 39.0 Å². The van der Waals surface area contributed by atoms with E-state index in [1.165, 1.54) is 16.8 Å². The first-order valence-electron chi connectivity index (χ1n) is 12.1. The molecule has 12 heteroatoms. The molecular weight excluding hydrogens is 496 g/mol. The number of amides is 2. The van der Waals surface area contributed by atoms with Gasteiger partial charge in [0.25, 0.3) is 11.8 Å². The summed E-state index contributed by atoms with van der Waals surface area (Å²) in [6, 6.07) is 8.10. The average Bonchev–Trinajstić information content (AvgIpc) is 3.60. The Morgan fingerprint density at radius 1 is 1.26 bits per heavy atom. The number of ether oxygens (including phenoxy) is 1. The second-order valence-corrected chi connectivity index (χ2v) is 9.44. The van der Waals surface area contributed by atoms with Crippen LogP contribution >= 0.6 is 0 Å². The molecule has 3 aromatic heterocycles. The van der Waals surface area contributed by atoms with Crippen molar-refractivity contribution in [3.8, 4) is 17.0 Å². The van der Waals surface area contributed by atoms with Crippen LogP contribution in [0, 0.1) is 5.92 Å². The molecule has 1 aromatic carbocycles. The number of pyridine rings is 1. The Hall–Kier alpha value is -4.61. The number of fused-ring (bicyclic) bond motifs is 2. The molecule has 38 heavy (non-hydrogen) atoms. The quantitative estimate of drug-likeness (QED) is 0.378. The number of anilines is 2. The van der Waals surface area contributed by atoms with Crippen molar-refractivity contribution < 1.29 is 23.1 Å². The maximum Gasteiger partial charge on any atom is 0.387 e. The molecule has 3 N–H and O–H groups in total. The van der Waals surface area contributed by atoms with Gasteiger partial charge in [-0.1, -0.05) is 0 Å². The number of benzene rings is 1. The van der Waals surface area contributed by atoms with Gasteiger partial charge < -0.3 is 20.7 Å².